The van der Waals surface area contributed by atoms with E-state index in [0.717, 1.165) is 11.1 Å². The van der Waals surface area contributed by atoms with E-state index in [0.29, 0.717) is 5.56 Å². The molecule has 1 spiro atoms. The van der Waals surface area contributed by atoms with Crippen molar-refractivity contribution in [2.24, 2.45) is 0 Å². The van der Waals surface area contributed by atoms with Gasteiger partial charge in [0.2, 0.25) is 0 Å². The Bertz CT molecular complexity index is 2270. The van der Waals surface area contributed by atoms with Crippen LogP contribution in [0.1, 0.15) is 27.8 Å². The molecule has 0 saturated heterocycles. The number of nitriles is 1. The van der Waals surface area contributed by atoms with Crippen molar-refractivity contribution in [2.45, 2.75) is 5.41 Å². The molecule has 0 saturated carbocycles. The van der Waals surface area contributed by atoms with Crippen molar-refractivity contribution in [3.8, 4) is 50.6 Å². The van der Waals surface area contributed by atoms with Gasteiger partial charge in [0.25, 0.3) is 0 Å². The summed E-state index contributed by atoms with van der Waals surface area (Å²) in [6, 6.07) is 57.3. The van der Waals surface area contributed by atoms with E-state index in [4.69, 9.17) is 0 Å². The normalized spacial score (nSPS) is 13.3. The van der Waals surface area contributed by atoms with Crippen LogP contribution >= 0.6 is 0 Å². The van der Waals surface area contributed by atoms with Crippen molar-refractivity contribution in [3.63, 3.8) is 0 Å². The minimum atomic E-state index is -0.394. The summed E-state index contributed by atoms with van der Waals surface area (Å²) in [5.74, 6) is 0. The third-order valence-corrected chi connectivity index (χ3v) is 9.52. The predicted octanol–water partition coefficient (Wildman–Crippen LogP) is 10.4. The summed E-state index contributed by atoms with van der Waals surface area (Å²) in [5.41, 5.74) is 15.4. The van der Waals surface area contributed by atoms with E-state index in [1.54, 1.807) is 0 Å². The largest absolute Gasteiger partial charge is 0.192 e. The predicted molar refractivity (Wildman–Crippen MR) is 176 cm³/mol. The maximum atomic E-state index is 9.47. The van der Waals surface area contributed by atoms with Gasteiger partial charge in [0.05, 0.1) is 17.0 Å². The van der Waals surface area contributed by atoms with Crippen LogP contribution in [0.3, 0.4) is 0 Å². The van der Waals surface area contributed by atoms with Crippen LogP contribution in [0.5, 0.6) is 0 Å². The number of benzene rings is 7. The highest BCUT2D eigenvalue weighted by Crippen LogP contribution is 2.62. The third-order valence-electron chi connectivity index (χ3n) is 9.52. The lowest BCUT2D eigenvalue weighted by Crippen LogP contribution is -2.31. The summed E-state index contributed by atoms with van der Waals surface area (Å²) < 4.78 is 0. The van der Waals surface area contributed by atoms with Gasteiger partial charge in [-0.3, -0.25) is 0 Å². The Morgan fingerprint density at radius 3 is 1.58 bits per heavy atom. The highest BCUT2D eigenvalue weighted by molar-refractivity contribution is 6.11. The highest BCUT2D eigenvalue weighted by atomic mass is 14.5. The number of nitrogens with zero attached hydrogens (tertiary/aromatic N) is 1. The van der Waals surface area contributed by atoms with Crippen LogP contribution in [0, 0.1) is 11.3 Å². The second kappa shape index (κ2) is 8.89. The van der Waals surface area contributed by atoms with E-state index in [2.05, 4.69) is 140 Å². The van der Waals surface area contributed by atoms with E-state index in [9.17, 15) is 5.26 Å². The molecule has 9 rings (SSSR count). The van der Waals surface area contributed by atoms with Crippen molar-refractivity contribution < 1.29 is 0 Å². The summed E-state index contributed by atoms with van der Waals surface area (Å²) in [6.45, 7) is 0. The standard InChI is InChI=1S/C42H25N/c43-26-27-10-7-11-28(24-27)29-12-8-13-30(25-29)31-22-23-36-34-16-3-6-20-39(34)42(40-21-9-17-35(31)41(36)40)37-18-4-1-14-32(37)33-15-2-5-19-38(33)42/h1-25H. The summed E-state index contributed by atoms with van der Waals surface area (Å²) in [5, 5.41) is 12.0. The first kappa shape index (κ1) is 23.9. The van der Waals surface area contributed by atoms with Gasteiger partial charge in [-0.2, -0.15) is 5.26 Å². The van der Waals surface area contributed by atoms with Gasteiger partial charge in [0.15, 0.2) is 0 Å². The first-order chi connectivity index (χ1) is 21.3. The van der Waals surface area contributed by atoms with Crippen molar-refractivity contribution >= 4 is 10.8 Å². The zero-order valence-electron chi connectivity index (χ0n) is 23.4. The first-order valence-corrected chi connectivity index (χ1v) is 14.8. The summed E-state index contributed by atoms with van der Waals surface area (Å²) >= 11 is 0. The van der Waals surface area contributed by atoms with Crippen LogP contribution in [0.4, 0.5) is 0 Å². The van der Waals surface area contributed by atoms with Crippen LogP contribution in [0.15, 0.2) is 152 Å². The Labute approximate surface area is 251 Å². The van der Waals surface area contributed by atoms with Crippen molar-refractivity contribution in [3.05, 3.63) is 179 Å². The number of hydrogen-bond donors (Lipinski definition) is 0. The molecule has 7 aromatic carbocycles. The Morgan fingerprint density at radius 1 is 0.395 bits per heavy atom. The maximum Gasteiger partial charge on any atom is 0.0991 e. The topological polar surface area (TPSA) is 23.8 Å². The number of rotatable bonds is 2. The quantitative estimate of drug-likeness (QED) is 0.213. The second-order valence-corrected chi connectivity index (χ2v) is 11.5. The second-order valence-electron chi connectivity index (χ2n) is 11.5. The molecule has 7 aromatic rings. The average molecular weight is 544 g/mol. The first-order valence-electron chi connectivity index (χ1n) is 14.8. The van der Waals surface area contributed by atoms with Gasteiger partial charge in [-0.15, -0.1) is 0 Å². The smallest absolute Gasteiger partial charge is 0.0991 e. The minimum absolute atomic E-state index is 0.394. The number of hydrogen-bond acceptors (Lipinski definition) is 1. The zero-order chi connectivity index (χ0) is 28.5. The van der Waals surface area contributed by atoms with E-state index in [1.165, 1.54) is 66.4 Å². The molecule has 2 aliphatic rings. The van der Waals surface area contributed by atoms with Crippen LogP contribution in [0.25, 0.3) is 55.3 Å². The summed E-state index contributed by atoms with van der Waals surface area (Å²) in [4.78, 5) is 0. The van der Waals surface area contributed by atoms with Gasteiger partial charge in [-0.25, -0.2) is 0 Å². The van der Waals surface area contributed by atoms with E-state index in [1.807, 2.05) is 18.2 Å². The van der Waals surface area contributed by atoms with Gasteiger partial charge in [0.1, 0.15) is 0 Å². The summed E-state index contributed by atoms with van der Waals surface area (Å²) in [7, 11) is 0. The molecule has 43 heavy (non-hydrogen) atoms. The molecular formula is C42H25N. The van der Waals surface area contributed by atoms with Gasteiger partial charge in [-0.1, -0.05) is 133 Å². The SMILES string of the molecule is N#Cc1cccc(-c2cccc(-c3ccc4c5c(cccc35)C3(c5ccccc5-c5ccccc53)c3ccccc3-4)c2)c1. The third kappa shape index (κ3) is 3.16. The summed E-state index contributed by atoms with van der Waals surface area (Å²) in [6.07, 6.45) is 0. The molecule has 0 aromatic heterocycles. The Morgan fingerprint density at radius 2 is 0.907 bits per heavy atom. The molecule has 2 aliphatic carbocycles. The monoisotopic (exact) mass is 543 g/mol. The van der Waals surface area contributed by atoms with Crippen molar-refractivity contribution in [1.82, 2.24) is 0 Å². The van der Waals surface area contributed by atoms with Crippen molar-refractivity contribution in [1.29, 1.82) is 5.26 Å². The van der Waals surface area contributed by atoms with E-state index < -0.39 is 5.41 Å². The fraction of sp³-hybridized carbons (Fsp3) is 0.0238. The molecule has 0 heterocycles. The van der Waals surface area contributed by atoms with Gasteiger partial charge < -0.3 is 0 Å². The lowest BCUT2D eigenvalue weighted by atomic mass is 9.61. The molecule has 0 radical (unpaired) electrons. The Balaban J connectivity index is 1.37. The maximum absolute atomic E-state index is 9.47. The van der Waals surface area contributed by atoms with Crippen LogP contribution < -0.4 is 0 Å². The van der Waals surface area contributed by atoms with E-state index in [-0.39, 0.29) is 0 Å². The molecule has 1 nitrogen and oxygen atoms in total. The molecule has 0 aliphatic heterocycles. The molecule has 0 unspecified atom stereocenters. The van der Waals surface area contributed by atoms with Gasteiger partial charge in [0, 0.05) is 0 Å². The van der Waals surface area contributed by atoms with E-state index >= 15 is 0 Å². The fourth-order valence-electron chi connectivity index (χ4n) is 7.84. The highest BCUT2D eigenvalue weighted by Gasteiger charge is 2.49. The molecule has 0 fully saturated rings. The molecule has 0 amide bonds. The van der Waals surface area contributed by atoms with Crippen LogP contribution in [-0.4, -0.2) is 0 Å². The molecule has 0 atom stereocenters. The molecule has 0 bridgehead atoms. The number of fused-ring (bicyclic) bond motifs is 9. The zero-order valence-corrected chi connectivity index (χ0v) is 23.4. The minimum Gasteiger partial charge on any atom is -0.192 e. The molecule has 1 heteroatoms. The van der Waals surface area contributed by atoms with Gasteiger partial charge >= 0.3 is 0 Å². The average Bonchev–Trinajstić information content (AvgIpc) is 3.38. The Hall–Kier alpha value is -5.71. The molecule has 198 valence electrons. The van der Waals surface area contributed by atoms with Gasteiger partial charge in [-0.05, 0) is 95.7 Å². The van der Waals surface area contributed by atoms with Crippen LogP contribution in [-0.2, 0) is 5.41 Å². The fourth-order valence-corrected chi connectivity index (χ4v) is 7.84. The Kier molecular flexibility index (Phi) is 4.95. The lowest BCUT2D eigenvalue weighted by Gasteiger charge is -2.40. The lowest BCUT2D eigenvalue weighted by molar-refractivity contribution is 0.773. The molecule has 0 N–H and O–H groups in total. The van der Waals surface area contributed by atoms with Crippen LogP contribution in [0.2, 0.25) is 0 Å². The molecular weight excluding hydrogens is 518 g/mol. The van der Waals surface area contributed by atoms with Crippen molar-refractivity contribution in [2.75, 3.05) is 0 Å².